The minimum Gasteiger partial charge on any atom is -0.489 e. The number of pyridine rings is 1. The Kier molecular flexibility index (Phi) is 6.88. The van der Waals surface area contributed by atoms with Crippen LogP contribution in [0.5, 0.6) is 11.5 Å². The maximum Gasteiger partial charge on any atom is 0.424 e. The van der Waals surface area contributed by atoms with Gasteiger partial charge in [0.1, 0.15) is 29.3 Å². The van der Waals surface area contributed by atoms with E-state index in [9.17, 15) is 36.6 Å². The number of alkyl halides is 3. The second-order valence-electron chi connectivity index (χ2n) is 10.2. The largest absolute Gasteiger partial charge is 0.489 e. The van der Waals surface area contributed by atoms with Crippen molar-refractivity contribution in [2.45, 2.75) is 43.1 Å². The third-order valence-corrected chi connectivity index (χ3v) is 7.14. The van der Waals surface area contributed by atoms with Crippen LogP contribution in [-0.4, -0.2) is 47.3 Å². The lowest BCUT2D eigenvalue weighted by molar-refractivity contribution is -0.265. The molecular formula is C28H24F5N3O5. The van der Waals surface area contributed by atoms with Crippen molar-refractivity contribution in [2.75, 3.05) is 13.2 Å². The summed E-state index contributed by atoms with van der Waals surface area (Å²) in [6.07, 6.45) is -4.16. The molecule has 216 valence electrons. The third kappa shape index (κ3) is 5.17. The number of primary amides is 1. The number of ether oxygens (including phenoxy) is 2. The van der Waals surface area contributed by atoms with E-state index in [1.54, 1.807) is 0 Å². The molecule has 2 heterocycles. The number of rotatable bonds is 8. The number of halogens is 5. The standard InChI is InChI=1S/C28H24F5N3O5/c1-26(25(34)38)13-40-23-18(26)11-21(36-22(23)14-2-5-16(29)6-3-14)27(39,28(31,32)33)12-35-24(37)15-4-9-19(30)20(10-15)41-17-7-8-17/h2-6,9-11,17,39H,7-8,12-13H2,1H3,(H2,34,38)(H,35,37)/t26-,27-/m0/s1. The Morgan fingerprint density at radius 3 is 2.44 bits per heavy atom. The van der Waals surface area contributed by atoms with Gasteiger partial charge >= 0.3 is 6.18 Å². The molecule has 1 aliphatic carbocycles. The van der Waals surface area contributed by atoms with Crippen LogP contribution in [0.1, 0.15) is 41.4 Å². The van der Waals surface area contributed by atoms with Gasteiger partial charge in [0, 0.05) is 16.7 Å². The number of nitrogens with two attached hydrogens (primary N) is 1. The Morgan fingerprint density at radius 1 is 1.15 bits per heavy atom. The molecule has 1 fully saturated rings. The van der Waals surface area contributed by atoms with Crippen LogP contribution < -0.4 is 20.5 Å². The SMILES string of the molecule is C[C@]1(C(N)=O)COc2c1cc([C@@](O)(CNC(=O)c1ccc(F)c(OC3CC3)c1)C(F)(F)F)nc2-c1ccc(F)cc1. The molecule has 0 spiro atoms. The molecule has 1 saturated carbocycles. The maximum absolute atomic E-state index is 14.5. The molecule has 8 nitrogen and oxygen atoms in total. The highest BCUT2D eigenvalue weighted by Gasteiger charge is 2.57. The molecule has 41 heavy (non-hydrogen) atoms. The zero-order valence-corrected chi connectivity index (χ0v) is 21.5. The minimum atomic E-state index is -5.38. The van der Waals surface area contributed by atoms with Gasteiger partial charge in [-0.15, -0.1) is 0 Å². The molecule has 2 atom stereocenters. The van der Waals surface area contributed by atoms with Crippen molar-refractivity contribution in [3.8, 4) is 22.8 Å². The number of aromatic nitrogens is 1. The van der Waals surface area contributed by atoms with Crippen molar-refractivity contribution in [1.29, 1.82) is 0 Å². The van der Waals surface area contributed by atoms with E-state index in [0.717, 1.165) is 36.4 Å². The Morgan fingerprint density at radius 2 is 1.83 bits per heavy atom. The summed E-state index contributed by atoms with van der Waals surface area (Å²) in [5.74, 6) is -3.58. The monoisotopic (exact) mass is 577 g/mol. The first-order valence-electron chi connectivity index (χ1n) is 12.5. The summed E-state index contributed by atoms with van der Waals surface area (Å²) in [6, 6.07) is 8.53. The first kappa shape index (κ1) is 28.3. The van der Waals surface area contributed by atoms with Crippen molar-refractivity contribution >= 4 is 11.8 Å². The fourth-order valence-corrected chi connectivity index (χ4v) is 4.35. The van der Waals surface area contributed by atoms with Gasteiger partial charge in [0.25, 0.3) is 5.91 Å². The van der Waals surface area contributed by atoms with Crippen LogP contribution in [0, 0.1) is 11.6 Å². The van der Waals surface area contributed by atoms with Crippen molar-refractivity contribution in [2.24, 2.45) is 5.73 Å². The molecular weight excluding hydrogens is 553 g/mol. The number of fused-ring (bicyclic) bond motifs is 1. The molecule has 0 saturated heterocycles. The van der Waals surface area contributed by atoms with Crippen LogP contribution in [-0.2, 0) is 15.8 Å². The van der Waals surface area contributed by atoms with Crippen LogP contribution in [0.2, 0.25) is 0 Å². The maximum atomic E-state index is 14.5. The number of hydrogen-bond acceptors (Lipinski definition) is 6. The molecule has 1 aliphatic heterocycles. The Hall–Kier alpha value is -4.26. The summed E-state index contributed by atoms with van der Waals surface area (Å²) in [5.41, 5.74) is -1.07. The van der Waals surface area contributed by atoms with Crippen molar-refractivity contribution in [3.05, 3.63) is 77.0 Å². The second kappa shape index (κ2) is 9.98. The van der Waals surface area contributed by atoms with Crippen molar-refractivity contribution in [3.63, 3.8) is 0 Å². The van der Waals surface area contributed by atoms with E-state index in [4.69, 9.17) is 15.2 Å². The quantitative estimate of drug-likeness (QED) is 0.349. The number of benzene rings is 2. The number of hydrogen-bond donors (Lipinski definition) is 3. The first-order chi connectivity index (χ1) is 19.2. The number of carbonyl (C=O) groups excluding carboxylic acids is 2. The van der Waals surface area contributed by atoms with E-state index in [2.05, 4.69) is 4.98 Å². The zero-order chi connectivity index (χ0) is 29.7. The number of aliphatic hydroxyl groups is 1. The highest BCUT2D eigenvalue weighted by atomic mass is 19.4. The van der Waals surface area contributed by atoms with Crippen molar-refractivity contribution in [1.82, 2.24) is 10.3 Å². The molecule has 1 aromatic heterocycles. The van der Waals surface area contributed by atoms with Gasteiger partial charge in [-0.25, -0.2) is 13.8 Å². The summed E-state index contributed by atoms with van der Waals surface area (Å²) in [4.78, 5) is 29.2. The van der Waals surface area contributed by atoms with E-state index < -0.39 is 52.9 Å². The smallest absolute Gasteiger partial charge is 0.424 e. The molecule has 3 aromatic rings. The number of amides is 2. The predicted octanol–water partition coefficient (Wildman–Crippen LogP) is 3.88. The number of nitrogens with zero attached hydrogens (tertiary/aromatic N) is 1. The molecule has 13 heteroatoms. The summed E-state index contributed by atoms with van der Waals surface area (Å²) in [7, 11) is 0. The lowest BCUT2D eigenvalue weighted by atomic mass is 9.81. The van der Waals surface area contributed by atoms with Gasteiger partial charge in [0.05, 0.1) is 18.3 Å². The Balaban J connectivity index is 1.54. The molecule has 2 aliphatic rings. The van der Waals surface area contributed by atoms with Gasteiger partial charge in [-0.3, -0.25) is 9.59 Å². The van der Waals surface area contributed by atoms with E-state index in [1.165, 1.54) is 19.1 Å². The third-order valence-electron chi connectivity index (χ3n) is 7.14. The van der Waals surface area contributed by atoms with Crippen LogP contribution in [0.3, 0.4) is 0 Å². The van der Waals surface area contributed by atoms with E-state index >= 15 is 0 Å². The molecule has 0 radical (unpaired) electrons. The molecule has 2 aromatic carbocycles. The summed E-state index contributed by atoms with van der Waals surface area (Å²) in [5, 5.41) is 13.1. The molecule has 2 amide bonds. The van der Waals surface area contributed by atoms with Gasteiger partial charge in [-0.2, -0.15) is 13.2 Å². The summed E-state index contributed by atoms with van der Waals surface area (Å²) in [6.45, 7) is -0.341. The van der Waals surface area contributed by atoms with Gasteiger partial charge in [0.15, 0.2) is 11.6 Å². The Bertz CT molecular complexity index is 1530. The van der Waals surface area contributed by atoms with Gasteiger partial charge in [-0.05, 0) is 68.3 Å². The number of carbonyl (C=O) groups is 2. The zero-order valence-electron chi connectivity index (χ0n) is 21.5. The highest BCUT2D eigenvalue weighted by Crippen LogP contribution is 2.47. The van der Waals surface area contributed by atoms with Crippen molar-refractivity contribution < 1.29 is 46.1 Å². The summed E-state index contributed by atoms with van der Waals surface area (Å²) < 4.78 is 82.2. The van der Waals surface area contributed by atoms with Gasteiger partial charge in [0.2, 0.25) is 11.5 Å². The average Bonchev–Trinajstić information content (AvgIpc) is 3.68. The fourth-order valence-electron chi connectivity index (χ4n) is 4.35. The first-order valence-corrected chi connectivity index (χ1v) is 12.5. The predicted molar refractivity (Wildman–Crippen MR) is 134 cm³/mol. The normalized spacial score (nSPS) is 19.6. The number of nitrogens with one attached hydrogen (secondary N) is 1. The van der Waals surface area contributed by atoms with E-state index in [0.29, 0.717) is 12.8 Å². The lowest BCUT2D eigenvalue weighted by Gasteiger charge is -2.31. The molecule has 5 rings (SSSR count). The van der Waals surface area contributed by atoms with Gasteiger partial charge in [-0.1, -0.05) is 0 Å². The van der Waals surface area contributed by atoms with Crippen LogP contribution in [0.4, 0.5) is 22.0 Å². The van der Waals surface area contributed by atoms with Crippen LogP contribution in [0.25, 0.3) is 11.3 Å². The van der Waals surface area contributed by atoms with Gasteiger partial charge < -0.3 is 25.6 Å². The summed E-state index contributed by atoms with van der Waals surface area (Å²) >= 11 is 0. The lowest BCUT2D eigenvalue weighted by Crippen LogP contribution is -2.51. The highest BCUT2D eigenvalue weighted by molar-refractivity contribution is 5.94. The second-order valence-corrected chi connectivity index (χ2v) is 10.2. The topological polar surface area (TPSA) is 124 Å². The van der Waals surface area contributed by atoms with E-state index in [-0.39, 0.29) is 46.6 Å². The van der Waals surface area contributed by atoms with E-state index in [1.807, 2.05) is 5.32 Å². The average molecular weight is 578 g/mol. The molecule has 0 unspecified atom stereocenters. The molecule has 0 bridgehead atoms. The fraction of sp³-hybridized carbons (Fsp3) is 0.321. The van der Waals surface area contributed by atoms with Crippen LogP contribution in [0.15, 0.2) is 48.5 Å². The Labute approximate surface area is 230 Å². The molecule has 4 N–H and O–H groups in total. The minimum absolute atomic E-state index is 0.0512. The van der Waals surface area contributed by atoms with Crippen LogP contribution >= 0.6 is 0 Å².